The second-order valence-corrected chi connectivity index (χ2v) is 4.87. The molecule has 1 aromatic carbocycles. The van der Waals surface area contributed by atoms with Crippen LogP contribution in [0, 0.1) is 0 Å². The third kappa shape index (κ3) is 4.50. The SMILES string of the molecule is CO/C=C(/C(=O)O)c1ccccc1COc1ncccc1C(F)(F)F. The number of carbonyl (C=O) groups is 1. The summed E-state index contributed by atoms with van der Waals surface area (Å²) in [6, 6.07) is 8.32. The molecule has 8 heteroatoms. The fraction of sp³-hybridized carbons (Fsp3) is 0.176. The van der Waals surface area contributed by atoms with Gasteiger partial charge < -0.3 is 14.6 Å². The van der Waals surface area contributed by atoms with Gasteiger partial charge in [0.1, 0.15) is 17.7 Å². The molecule has 5 nitrogen and oxygen atoms in total. The van der Waals surface area contributed by atoms with E-state index in [1.165, 1.54) is 19.4 Å². The topological polar surface area (TPSA) is 68.7 Å². The number of carboxylic acids is 1. The molecule has 0 saturated heterocycles. The van der Waals surface area contributed by atoms with Crippen molar-refractivity contribution in [2.24, 2.45) is 0 Å². The Bertz CT molecular complexity index is 787. The maximum absolute atomic E-state index is 13.0. The summed E-state index contributed by atoms with van der Waals surface area (Å²) in [7, 11) is 1.30. The van der Waals surface area contributed by atoms with Crippen molar-refractivity contribution in [3.05, 3.63) is 65.5 Å². The van der Waals surface area contributed by atoms with E-state index in [9.17, 15) is 23.1 Å². The van der Waals surface area contributed by atoms with Crippen LogP contribution in [0.2, 0.25) is 0 Å². The molecule has 0 amide bonds. The Morgan fingerprint density at radius 1 is 1.24 bits per heavy atom. The molecule has 0 saturated carbocycles. The number of carboxylic acid groups (broad SMARTS) is 1. The first-order valence-electron chi connectivity index (χ1n) is 7.04. The number of halogens is 3. The Morgan fingerprint density at radius 3 is 2.60 bits per heavy atom. The summed E-state index contributed by atoms with van der Waals surface area (Å²) in [5.74, 6) is -1.81. The number of methoxy groups -OCH3 is 1. The van der Waals surface area contributed by atoms with E-state index < -0.39 is 23.6 Å². The lowest BCUT2D eigenvalue weighted by atomic mass is 10.0. The third-order valence-corrected chi connectivity index (χ3v) is 3.21. The van der Waals surface area contributed by atoms with Crippen LogP contribution in [0.5, 0.6) is 5.88 Å². The molecule has 0 atom stereocenters. The van der Waals surface area contributed by atoms with Crippen molar-refractivity contribution in [3.63, 3.8) is 0 Å². The van der Waals surface area contributed by atoms with Gasteiger partial charge in [-0.3, -0.25) is 0 Å². The zero-order valence-electron chi connectivity index (χ0n) is 13.1. The van der Waals surface area contributed by atoms with Gasteiger partial charge in [-0.1, -0.05) is 24.3 Å². The Kier molecular flexibility index (Phi) is 5.63. The zero-order chi connectivity index (χ0) is 18.4. The lowest BCUT2D eigenvalue weighted by molar-refractivity contribution is -0.139. The van der Waals surface area contributed by atoms with Gasteiger partial charge in [-0.05, 0) is 23.3 Å². The molecule has 1 N–H and O–H groups in total. The highest BCUT2D eigenvalue weighted by Crippen LogP contribution is 2.35. The fourth-order valence-corrected chi connectivity index (χ4v) is 2.12. The van der Waals surface area contributed by atoms with Gasteiger partial charge in [0.15, 0.2) is 0 Å². The van der Waals surface area contributed by atoms with Crippen LogP contribution in [0.1, 0.15) is 16.7 Å². The molecule has 0 aliphatic rings. The first-order valence-corrected chi connectivity index (χ1v) is 7.04. The lowest BCUT2D eigenvalue weighted by Crippen LogP contribution is -2.11. The van der Waals surface area contributed by atoms with Gasteiger partial charge >= 0.3 is 12.1 Å². The normalized spacial score (nSPS) is 11.9. The van der Waals surface area contributed by atoms with Gasteiger partial charge in [0.2, 0.25) is 5.88 Å². The van der Waals surface area contributed by atoms with Crippen molar-refractivity contribution in [1.29, 1.82) is 0 Å². The number of pyridine rings is 1. The van der Waals surface area contributed by atoms with Crippen molar-refractivity contribution >= 4 is 11.5 Å². The van der Waals surface area contributed by atoms with Crippen LogP contribution < -0.4 is 4.74 Å². The summed E-state index contributed by atoms with van der Waals surface area (Å²) in [5, 5.41) is 9.27. The van der Waals surface area contributed by atoms with Crippen LogP contribution in [0.4, 0.5) is 13.2 Å². The van der Waals surface area contributed by atoms with Gasteiger partial charge in [-0.15, -0.1) is 0 Å². The second-order valence-electron chi connectivity index (χ2n) is 4.87. The molecule has 0 aliphatic heterocycles. The number of benzene rings is 1. The van der Waals surface area contributed by atoms with Gasteiger partial charge in [0.25, 0.3) is 0 Å². The average molecular weight is 353 g/mol. The van der Waals surface area contributed by atoms with Gasteiger partial charge in [-0.2, -0.15) is 13.2 Å². The molecule has 1 heterocycles. The Hall–Kier alpha value is -3.03. The summed E-state index contributed by atoms with van der Waals surface area (Å²) in [5.41, 5.74) is -0.481. The fourth-order valence-electron chi connectivity index (χ4n) is 2.12. The van der Waals surface area contributed by atoms with E-state index in [2.05, 4.69) is 4.98 Å². The molecule has 0 spiro atoms. The van der Waals surface area contributed by atoms with Crippen LogP contribution in [0.3, 0.4) is 0 Å². The van der Waals surface area contributed by atoms with E-state index in [0.717, 1.165) is 18.4 Å². The molecule has 0 fully saturated rings. The number of ether oxygens (including phenoxy) is 2. The van der Waals surface area contributed by atoms with Crippen molar-refractivity contribution in [1.82, 2.24) is 4.98 Å². The van der Waals surface area contributed by atoms with Gasteiger partial charge in [0, 0.05) is 6.20 Å². The van der Waals surface area contributed by atoms with Crippen LogP contribution in [-0.2, 0) is 22.3 Å². The highest BCUT2D eigenvalue weighted by Gasteiger charge is 2.35. The Balaban J connectivity index is 2.32. The largest absolute Gasteiger partial charge is 0.503 e. The number of aromatic nitrogens is 1. The highest BCUT2D eigenvalue weighted by atomic mass is 19.4. The Morgan fingerprint density at radius 2 is 1.96 bits per heavy atom. The molecular formula is C17H14F3NO4. The number of aliphatic carboxylic acids is 1. The van der Waals surface area contributed by atoms with E-state index in [-0.39, 0.29) is 17.7 Å². The number of alkyl halides is 3. The van der Waals surface area contributed by atoms with Gasteiger partial charge in [-0.25, -0.2) is 9.78 Å². The van der Waals surface area contributed by atoms with Crippen molar-refractivity contribution in [2.75, 3.05) is 7.11 Å². The lowest BCUT2D eigenvalue weighted by Gasteiger charge is -2.14. The molecular weight excluding hydrogens is 339 g/mol. The maximum atomic E-state index is 13.0. The molecule has 25 heavy (non-hydrogen) atoms. The molecule has 0 aliphatic carbocycles. The maximum Gasteiger partial charge on any atom is 0.421 e. The highest BCUT2D eigenvalue weighted by molar-refractivity contribution is 6.15. The summed E-state index contributed by atoms with van der Waals surface area (Å²) in [6.45, 7) is -0.287. The summed E-state index contributed by atoms with van der Waals surface area (Å²) in [6.07, 6.45) is -2.38. The number of hydrogen-bond donors (Lipinski definition) is 1. The van der Waals surface area contributed by atoms with Crippen LogP contribution in [0.15, 0.2) is 48.9 Å². The Labute approximate surface area is 141 Å². The van der Waals surface area contributed by atoms with E-state index in [4.69, 9.17) is 9.47 Å². The molecule has 0 unspecified atom stereocenters. The van der Waals surface area contributed by atoms with Gasteiger partial charge in [0.05, 0.1) is 13.4 Å². The third-order valence-electron chi connectivity index (χ3n) is 3.21. The van der Waals surface area contributed by atoms with Crippen LogP contribution in [-0.4, -0.2) is 23.2 Å². The van der Waals surface area contributed by atoms with E-state index in [1.807, 2.05) is 0 Å². The first-order chi connectivity index (χ1) is 11.8. The molecule has 2 rings (SSSR count). The predicted octanol–water partition coefficient (Wildman–Crippen LogP) is 3.75. The van der Waals surface area contributed by atoms with Crippen molar-refractivity contribution in [3.8, 4) is 5.88 Å². The number of nitrogens with zero attached hydrogens (tertiary/aromatic N) is 1. The number of hydrogen-bond acceptors (Lipinski definition) is 4. The molecule has 132 valence electrons. The second kappa shape index (κ2) is 7.69. The minimum Gasteiger partial charge on any atom is -0.503 e. The minimum absolute atomic E-state index is 0.140. The average Bonchev–Trinajstić information content (AvgIpc) is 2.57. The molecule has 0 bridgehead atoms. The van der Waals surface area contributed by atoms with Crippen LogP contribution >= 0.6 is 0 Å². The number of rotatable bonds is 6. The van der Waals surface area contributed by atoms with Crippen molar-refractivity contribution in [2.45, 2.75) is 12.8 Å². The minimum atomic E-state index is -4.61. The zero-order valence-corrected chi connectivity index (χ0v) is 13.1. The molecule has 2 aromatic rings. The van der Waals surface area contributed by atoms with E-state index in [1.54, 1.807) is 18.2 Å². The summed E-state index contributed by atoms with van der Waals surface area (Å²) < 4.78 is 48.9. The van der Waals surface area contributed by atoms with Crippen LogP contribution in [0.25, 0.3) is 5.57 Å². The van der Waals surface area contributed by atoms with Crippen molar-refractivity contribution < 1.29 is 32.5 Å². The quantitative estimate of drug-likeness (QED) is 0.633. The molecule has 1 aromatic heterocycles. The van der Waals surface area contributed by atoms with E-state index >= 15 is 0 Å². The summed E-state index contributed by atoms with van der Waals surface area (Å²) >= 11 is 0. The standard InChI is InChI=1S/C17H14F3NO4/c1-24-10-13(16(22)23)12-6-3-2-5-11(12)9-25-15-14(17(18,19)20)7-4-8-21-15/h2-8,10H,9H2,1H3,(H,22,23)/b13-10+. The monoisotopic (exact) mass is 353 g/mol. The smallest absolute Gasteiger partial charge is 0.421 e. The molecule has 0 radical (unpaired) electrons. The van der Waals surface area contributed by atoms with E-state index in [0.29, 0.717) is 5.56 Å². The summed E-state index contributed by atoms with van der Waals surface area (Å²) in [4.78, 5) is 15.0. The predicted molar refractivity (Wildman–Crippen MR) is 82.6 cm³/mol. The first kappa shape index (κ1) is 18.3.